The Morgan fingerprint density at radius 3 is 2.32 bits per heavy atom. The lowest BCUT2D eigenvalue weighted by atomic mass is 9.96. The minimum atomic E-state index is -4.37. The lowest BCUT2D eigenvalue weighted by Gasteiger charge is -2.23. The van der Waals surface area contributed by atoms with Gasteiger partial charge in [-0.05, 0) is 53.1 Å². The van der Waals surface area contributed by atoms with Crippen LogP contribution in [0.5, 0.6) is 5.75 Å². The minimum absolute atomic E-state index is 0.0397. The fraction of sp³-hybridized carbons (Fsp3) is 0.292. The summed E-state index contributed by atoms with van der Waals surface area (Å²) in [4.78, 5) is 32.1. The van der Waals surface area contributed by atoms with Gasteiger partial charge in [0.1, 0.15) is 17.3 Å². The van der Waals surface area contributed by atoms with Crippen LogP contribution in [0.4, 0.5) is 13.2 Å². The molecule has 0 aliphatic rings. The summed E-state index contributed by atoms with van der Waals surface area (Å²) in [5.74, 6) is 0.417. The molecule has 1 heterocycles. The molecule has 0 aliphatic heterocycles. The van der Waals surface area contributed by atoms with Crippen molar-refractivity contribution in [2.75, 3.05) is 7.11 Å². The molecule has 3 aromatic rings. The van der Waals surface area contributed by atoms with Gasteiger partial charge in [-0.15, -0.1) is 0 Å². The monoisotopic (exact) mass is 491 g/mol. The number of hydrogen-bond acceptors (Lipinski definition) is 5. The number of aromatic amines is 1. The van der Waals surface area contributed by atoms with Crippen molar-refractivity contribution in [3.8, 4) is 5.75 Å². The van der Waals surface area contributed by atoms with Gasteiger partial charge in [0, 0.05) is 17.4 Å². The topological polar surface area (TPSA) is 84.1 Å². The molecule has 0 aliphatic carbocycles. The van der Waals surface area contributed by atoms with E-state index in [1.165, 1.54) is 12.1 Å². The number of carbonyl (C=O) groups is 1. The van der Waals surface area contributed by atoms with E-state index in [0.29, 0.717) is 23.6 Å². The SMILES string of the molecule is COc1ccc(Cc2nc(C(=O)NC(c3ccc(SC(F)(F)F)cc3)C(C)C)cc(=O)[nH]2)cc1. The first-order chi connectivity index (χ1) is 16.0. The Morgan fingerprint density at radius 1 is 1.12 bits per heavy atom. The molecule has 2 N–H and O–H groups in total. The first kappa shape index (κ1) is 25.4. The van der Waals surface area contributed by atoms with Gasteiger partial charge in [0.25, 0.3) is 11.5 Å². The van der Waals surface area contributed by atoms with Crippen LogP contribution in [0.15, 0.2) is 64.3 Å². The standard InChI is InChI=1S/C24H24F3N3O3S/c1-14(2)22(16-6-10-18(11-7-16)34-24(25,26)27)30-23(32)19-13-21(31)29-20(28-19)12-15-4-8-17(33-3)9-5-15/h4-11,13-14,22H,12H2,1-3H3,(H,30,32)(H,28,29,31). The summed E-state index contributed by atoms with van der Waals surface area (Å²) >= 11 is -0.196. The van der Waals surface area contributed by atoms with E-state index in [0.717, 1.165) is 11.6 Å². The molecule has 0 saturated heterocycles. The van der Waals surface area contributed by atoms with E-state index in [1.54, 1.807) is 31.4 Å². The number of ether oxygens (including phenoxy) is 1. The maximum Gasteiger partial charge on any atom is 0.446 e. The van der Waals surface area contributed by atoms with Gasteiger partial charge in [-0.2, -0.15) is 13.2 Å². The predicted octanol–water partition coefficient (Wildman–Crippen LogP) is 5.11. The number of benzene rings is 2. The second kappa shape index (κ2) is 10.8. The van der Waals surface area contributed by atoms with Crippen LogP contribution in [0.1, 0.15) is 47.3 Å². The van der Waals surface area contributed by atoms with Crippen LogP contribution >= 0.6 is 11.8 Å². The largest absolute Gasteiger partial charge is 0.497 e. The number of thioether (sulfide) groups is 1. The van der Waals surface area contributed by atoms with Gasteiger partial charge in [0.05, 0.1) is 13.2 Å². The van der Waals surface area contributed by atoms with Crippen LogP contribution in [0.3, 0.4) is 0 Å². The maximum absolute atomic E-state index is 12.9. The van der Waals surface area contributed by atoms with Crippen LogP contribution < -0.4 is 15.6 Å². The van der Waals surface area contributed by atoms with Crippen LogP contribution in [0.25, 0.3) is 0 Å². The zero-order chi connectivity index (χ0) is 24.9. The number of halogens is 3. The first-order valence-electron chi connectivity index (χ1n) is 10.4. The Labute approximate surface area is 199 Å². The lowest BCUT2D eigenvalue weighted by Crippen LogP contribution is -2.33. The van der Waals surface area contributed by atoms with Crippen molar-refractivity contribution in [2.45, 2.75) is 36.7 Å². The smallest absolute Gasteiger partial charge is 0.446 e. The van der Waals surface area contributed by atoms with Crippen molar-refractivity contribution in [3.63, 3.8) is 0 Å². The van der Waals surface area contributed by atoms with E-state index in [9.17, 15) is 22.8 Å². The zero-order valence-electron chi connectivity index (χ0n) is 18.8. The van der Waals surface area contributed by atoms with E-state index in [1.807, 2.05) is 26.0 Å². The number of nitrogens with zero attached hydrogens (tertiary/aromatic N) is 1. The van der Waals surface area contributed by atoms with Crippen molar-refractivity contribution in [3.05, 3.63) is 87.6 Å². The van der Waals surface area contributed by atoms with E-state index >= 15 is 0 Å². The van der Waals surface area contributed by atoms with Gasteiger partial charge in [-0.25, -0.2) is 4.98 Å². The molecular weight excluding hydrogens is 467 g/mol. The average Bonchev–Trinajstić information content (AvgIpc) is 2.77. The van der Waals surface area contributed by atoms with Crippen LogP contribution in [-0.4, -0.2) is 28.5 Å². The van der Waals surface area contributed by atoms with E-state index in [4.69, 9.17) is 4.74 Å². The molecule has 1 aromatic heterocycles. The molecule has 180 valence electrons. The average molecular weight is 492 g/mol. The molecule has 0 fully saturated rings. The number of carbonyl (C=O) groups excluding carboxylic acids is 1. The summed E-state index contributed by atoms with van der Waals surface area (Å²) in [5.41, 5.74) is -3.35. The van der Waals surface area contributed by atoms with Crippen LogP contribution in [0, 0.1) is 5.92 Å². The van der Waals surface area contributed by atoms with E-state index < -0.39 is 23.0 Å². The van der Waals surface area contributed by atoms with Crippen LogP contribution in [0.2, 0.25) is 0 Å². The fourth-order valence-corrected chi connectivity index (χ4v) is 3.91. The third kappa shape index (κ3) is 7.11. The Balaban J connectivity index is 1.77. The number of aromatic nitrogens is 2. The summed E-state index contributed by atoms with van der Waals surface area (Å²) in [5, 5.41) is 2.85. The lowest BCUT2D eigenvalue weighted by molar-refractivity contribution is -0.0328. The van der Waals surface area contributed by atoms with Gasteiger partial charge in [-0.3, -0.25) is 9.59 Å². The summed E-state index contributed by atoms with van der Waals surface area (Å²) in [7, 11) is 1.57. The Morgan fingerprint density at radius 2 is 1.76 bits per heavy atom. The highest BCUT2D eigenvalue weighted by Crippen LogP contribution is 2.37. The van der Waals surface area contributed by atoms with E-state index in [-0.39, 0.29) is 28.3 Å². The van der Waals surface area contributed by atoms with Gasteiger partial charge in [0.15, 0.2) is 0 Å². The summed E-state index contributed by atoms with van der Waals surface area (Å²) < 4.78 is 42.9. The van der Waals surface area contributed by atoms with Gasteiger partial charge >= 0.3 is 5.51 Å². The minimum Gasteiger partial charge on any atom is -0.497 e. The molecule has 1 atom stereocenters. The molecule has 0 saturated carbocycles. The summed E-state index contributed by atoms with van der Waals surface area (Å²) in [6.45, 7) is 3.76. The molecule has 34 heavy (non-hydrogen) atoms. The Hall–Kier alpha value is -3.27. The number of amides is 1. The normalized spacial score (nSPS) is 12.4. The molecule has 0 spiro atoms. The summed E-state index contributed by atoms with van der Waals surface area (Å²) in [6.07, 6.45) is 0.312. The van der Waals surface area contributed by atoms with Crippen molar-refractivity contribution < 1.29 is 22.7 Å². The molecule has 0 bridgehead atoms. The van der Waals surface area contributed by atoms with Gasteiger partial charge in [0.2, 0.25) is 0 Å². The molecular formula is C24H24F3N3O3S. The maximum atomic E-state index is 12.9. The highest BCUT2D eigenvalue weighted by molar-refractivity contribution is 8.00. The molecule has 3 rings (SSSR count). The molecule has 2 aromatic carbocycles. The predicted molar refractivity (Wildman–Crippen MR) is 124 cm³/mol. The fourth-order valence-electron chi connectivity index (χ4n) is 3.37. The van der Waals surface area contributed by atoms with Gasteiger partial charge in [-0.1, -0.05) is 38.1 Å². The highest BCUT2D eigenvalue weighted by Gasteiger charge is 2.29. The van der Waals surface area contributed by atoms with Gasteiger partial charge < -0.3 is 15.0 Å². The second-order valence-corrected chi connectivity index (χ2v) is 9.05. The Bertz CT molecular complexity index is 1180. The van der Waals surface area contributed by atoms with Crippen LogP contribution in [-0.2, 0) is 6.42 Å². The second-order valence-electron chi connectivity index (χ2n) is 7.91. The van der Waals surface area contributed by atoms with Crippen molar-refractivity contribution in [1.29, 1.82) is 0 Å². The zero-order valence-corrected chi connectivity index (χ0v) is 19.6. The molecule has 1 amide bonds. The van der Waals surface area contributed by atoms with E-state index in [2.05, 4.69) is 15.3 Å². The molecule has 10 heteroatoms. The Kier molecular flexibility index (Phi) is 8.03. The molecule has 6 nitrogen and oxygen atoms in total. The summed E-state index contributed by atoms with van der Waals surface area (Å²) in [6, 6.07) is 13.7. The van der Waals surface area contributed by atoms with Crippen molar-refractivity contribution >= 4 is 17.7 Å². The number of rotatable bonds is 8. The molecule has 0 radical (unpaired) electrons. The quantitative estimate of drug-likeness (QED) is 0.428. The third-order valence-electron chi connectivity index (χ3n) is 4.98. The van der Waals surface area contributed by atoms with Crippen molar-refractivity contribution in [2.24, 2.45) is 5.92 Å². The first-order valence-corrected chi connectivity index (χ1v) is 11.3. The number of alkyl halides is 3. The number of methoxy groups -OCH3 is 1. The molecule has 1 unspecified atom stereocenters. The highest BCUT2D eigenvalue weighted by atomic mass is 32.2. The number of hydrogen-bond donors (Lipinski definition) is 2. The third-order valence-corrected chi connectivity index (χ3v) is 5.72. The number of H-pyrrole nitrogens is 1. The van der Waals surface area contributed by atoms with Crippen molar-refractivity contribution in [1.82, 2.24) is 15.3 Å². The number of nitrogens with one attached hydrogen (secondary N) is 2.